The monoisotopic (exact) mass is 384 g/mol. The lowest BCUT2D eigenvalue weighted by molar-refractivity contribution is -0.504. The van der Waals surface area contributed by atoms with Gasteiger partial charge >= 0.3 is 0 Å². The fraction of sp³-hybridized carbons (Fsp3) is 0.318. The molecule has 0 spiro atoms. The van der Waals surface area contributed by atoms with E-state index in [0.29, 0.717) is 22.8 Å². The van der Waals surface area contributed by atoms with Gasteiger partial charge in [0.15, 0.2) is 11.5 Å². The second-order valence-electron chi connectivity index (χ2n) is 6.54. The van der Waals surface area contributed by atoms with Crippen molar-refractivity contribution in [1.29, 1.82) is 0 Å². The van der Waals surface area contributed by atoms with Gasteiger partial charge in [0.2, 0.25) is 11.5 Å². The van der Waals surface area contributed by atoms with E-state index in [2.05, 4.69) is 4.58 Å². The van der Waals surface area contributed by atoms with Crippen LogP contribution in [0.1, 0.15) is 24.0 Å². The number of aromatic hydroxyl groups is 2. The van der Waals surface area contributed by atoms with Gasteiger partial charge in [-0.2, -0.15) is 0 Å². The van der Waals surface area contributed by atoms with E-state index in [0.717, 1.165) is 37.2 Å². The molecule has 0 amide bonds. The van der Waals surface area contributed by atoms with Crippen LogP contribution < -0.4 is 14.2 Å². The van der Waals surface area contributed by atoms with Crippen LogP contribution in [0.5, 0.6) is 28.7 Å². The third-order valence-electron chi connectivity index (χ3n) is 4.86. The first-order valence-electron chi connectivity index (χ1n) is 9.20. The van der Waals surface area contributed by atoms with Gasteiger partial charge in [0.05, 0.1) is 21.3 Å². The molecule has 1 saturated heterocycles. The molecule has 0 bridgehead atoms. The summed E-state index contributed by atoms with van der Waals surface area (Å²) in [5.74, 6) is 1.43. The second-order valence-corrected chi connectivity index (χ2v) is 6.54. The van der Waals surface area contributed by atoms with Crippen LogP contribution in [-0.4, -0.2) is 54.9 Å². The minimum absolute atomic E-state index is 0.0340. The fourth-order valence-corrected chi connectivity index (χ4v) is 3.44. The predicted octanol–water partition coefficient (Wildman–Crippen LogP) is 3.43. The maximum absolute atomic E-state index is 10.5. The summed E-state index contributed by atoms with van der Waals surface area (Å²) in [6.45, 7) is 1.83. The van der Waals surface area contributed by atoms with Crippen LogP contribution in [0.25, 0.3) is 6.08 Å². The Balaban J connectivity index is 2.10. The normalized spacial score (nSPS) is 13.8. The number of nitrogens with zero attached hydrogens (tertiary/aromatic N) is 1. The molecule has 1 aliphatic heterocycles. The van der Waals surface area contributed by atoms with Crippen LogP contribution in [0.2, 0.25) is 0 Å². The number of methoxy groups -OCH3 is 3. The third kappa shape index (κ3) is 3.91. The topological polar surface area (TPSA) is 71.2 Å². The number of hydrogen-bond donors (Lipinski definition) is 2. The molecule has 0 aromatic heterocycles. The summed E-state index contributed by atoms with van der Waals surface area (Å²) >= 11 is 0. The first-order chi connectivity index (χ1) is 13.6. The van der Waals surface area contributed by atoms with E-state index in [1.165, 1.54) is 14.2 Å². The average Bonchev–Trinajstić information content (AvgIpc) is 3.24. The molecule has 2 aromatic rings. The van der Waals surface area contributed by atoms with Crippen LogP contribution >= 0.6 is 0 Å². The lowest BCUT2D eigenvalue weighted by atomic mass is 10.0. The maximum atomic E-state index is 10.5. The number of ether oxygens (including phenoxy) is 3. The average molecular weight is 384 g/mol. The smallest absolute Gasteiger partial charge is 0.214 e. The Morgan fingerprint density at radius 1 is 0.929 bits per heavy atom. The Morgan fingerprint density at radius 3 is 2.11 bits per heavy atom. The summed E-state index contributed by atoms with van der Waals surface area (Å²) in [5.41, 5.74) is 2.36. The molecule has 148 valence electrons. The molecule has 2 aromatic carbocycles. The zero-order chi connectivity index (χ0) is 20.1. The molecular formula is C22H26NO5+. The van der Waals surface area contributed by atoms with E-state index in [4.69, 9.17) is 14.2 Å². The van der Waals surface area contributed by atoms with Gasteiger partial charge in [-0.05, 0) is 35.9 Å². The molecule has 2 N–H and O–H groups in total. The lowest BCUT2D eigenvalue weighted by Crippen LogP contribution is -2.18. The highest BCUT2D eigenvalue weighted by atomic mass is 16.5. The number of benzene rings is 2. The van der Waals surface area contributed by atoms with Gasteiger partial charge < -0.3 is 24.4 Å². The van der Waals surface area contributed by atoms with Crippen LogP contribution in [0.4, 0.5) is 0 Å². The number of phenols is 2. The molecule has 3 rings (SSSR count). The molecule has 0 radical (unpaired) electrons. The highest BCUT2D eigenvalue weighted by Gasteiger charge is 2.25. The third-order valence-corrected chi connectivity index (χ3v) is 4.86. The van der Waals surface area contributed by atoms with Gasteiger partial charge in [0.25, 0.3) is 0 Å². The van der Waals surface area contributed by atoms with Gasteiger partial charge in [-0.25, -0.2) is 4.58 Å². The van der Waals surface area contributed by atoms with Crippen LogP contribution in [0.3, 0.4) is 0 Å². The molecule has 6 nitrogen and oxygen atoms in total. The van der Waals surface area contributed by atoms with Crippen molar-refractivity contribution < 1.29 is 29.0 Å². The van der Waals surface area contributed by atoms with Gasteiger partial charge in [-0.15, -0.1) is 0 Å². The largest absolute Gasteiger partial charge is 0.507 e. The molecule has 0 saturated carbocycles. The fourth-order valence-electron chi connectivity index (χ4n) is 3.44. The van der Waals surface area contributed by atoms with Gasteiger partial charge in [-0.3, -0.25) is 0 Å². The van der Waals surface area contributed by atoms with Crippen molar-refractivity contribution in [3.8, 4) is 28.7 Å². The minimum atomic E-state index is -0.0340. The molecule has 0 aliphatic carbocycles. The van der Waals surface area contributed by atoms with Gasteiger partial charge in [0, 0.05) is 18.9 Å². The van der Waals surface area contributed by atoms with Gasteiger partial charge in [0.1, 0.15) is 30.2 Å². The van der Waals surface area contributed by atoms with Crippen molar-refractivity contribution in [2.75, 3.05) is 34.4 Å². The van der Waals surface area contributed by atoms with Crippen LogP contribution in [-0.2, 0) is 0 Å². The van der Waals surface area contributed by atoms with E-state index >= 15 is 0 Å². The molecule has 6 heteroatoms. The van der Waals surface area contributed by atoms with Crippen molar-refractivity contribution in [1.82, 2.24) is 0 Å². The number of allylic oxidation sites excluding steroid dienone is 1. The summed E-state index contributed by atoms with van der Waals surface area (Å²) in [6, 6.07) is 8.73. The van der Waals surface area contributed by atoms with E-state index in [1.807, 2.05) is 18.2 Å². The zero-order valence-corrected chi connectivity index (χ0v) is 16.4. The highest BCUT2D eigenvalue weighted by molar-refractivity contribution is 6.11. The molecule has 1 heterocycles. The van der Waals surface area contributed by atoms with E-state index in [9.17, 15) is 10.2 Å². The summed E-state index contributed by atoms with van der Waals surface area (Å²) in [6.07, 6.45) is 6.07. The van der Waals surface area contributed by atoms with Crippen molar-refractivity contribution >= 4 is 11.8 Å². The summed E-state index contributed by atoms with van der Waals surface area (Å²) < 4.78 is 18.2. The molecular weight excluding hydrogens is 358 g/mol. The number of hydrogen-bond acceptors (Lipinski definition) is 5. The Labute approximate surface area is 164 Å². The first-order valence-corrected chi connectivity index (χ1v) is 9.20. The molecule has 0 unspecified atom stereocenters. The Bertz CT molecular complexity index is 884. The summed E-state index contributed by atoms with van der Waals surface area (Å²) in [5, 5.41) is 20.6. The van der Waals surface area contributed by atoms with Crippen LogP contribution in [0.15, 0.2) is 36.4 Å². The molecule has 28 heavy (non-hydrogen) atoms. The maximum Gasteiger partial charge on any atom is 0.214 e. The minimum Gasteiger partial charge on any atom is -0.507 e. The SMILES string of the molecule is COc1cc(/C=C/C(c2c(O)cccc2OC)=[N+]2CCCC2)cc(OC)c1O. The standard InChI is InChI=1S/C22H25NO5/c1-26-18-8-6-7-17(24)21(18)16(23-11-4-5-12-23)10-9-15-13-19(27-2)22(25)20(14-15)28-3/h6-10,13-14H,4-5,11-12H2,1-3H3,(H,24,25)/p+1. The first kappa shape index (κ1) is 19.6. The van der Waals surface area contributed by atoms with Crippen molar-refractivity contribution in [2.45, 2.75) is 12.8 Å². The Morgan fingerprint density at radius 2 is 1.54 bits per heavy atom. The Hall–Kier alpha value is -3.15. The van der Waals surface area contributed by atoms with E-state index in [-0.39, 0.29) is 11.5 Å². The number of rotatable bonds is 6. The highest BCUT2D eigenvalue weighted by Crippen LogP contribution is 2.37. The van der Waals surface area contributed by atoms with Crippen molar-refractivity contribution in [3.05, 3.63) is 47.5 Å². The van der Waals surface area contributed by atoms with Crippen molar-refractivity contribution in [3.63, 3.8) is 0 Å². The summed E-state index contributed by atoms with van der Waals surface area (Å²) in [7, 11) is 4.59. The lowest BCUT2D eigenvalue weighted by Gasteiger charge is -2.11. The van der Waals surface area contributed by atoms with Crippen molar-refractivity contribution in [2.24, 2.45) is 0 Å². The molecule has 1 fully saturated rings. The quantitative estimate of drug-likeness (QED) is 0.747. The Kier molecular flexibility index (Phi) is 6.09. The molecule has 0 atom stereocenters. The number of phenolic OH excluding ortho intramolecular Hbond substituents is 2. The second kappa shape index (κ2) is 8.69. The van der Waals surface area contributed by atoms with E-state index < -0.39 is 0 Å². The molecule has 1 aliphatic rings. The van der Waals surface area contributed by atoms with E-state index in [1.54, 1.807) is 31.4 Å². The van der Waals surface area contributed by atoms with Gasteiger partial charge in [-0.1, -0.05) is 6.07 Å². The predicted molar refractivity (Wildman–Crippen MR) is 108 cm³/mol. The zero-order valence-electron chi connectivity index (χ0n) is 16.4. The van der Waals surface area contributed by atoms with Crippen LogP contribution in [0, 0.1) is 0 Å². The summed E-state index contributed by atoms with van der Waals surface area (Å²) in [4.78, 5) is 0.